The third kappa shape index (κ3) is 3.15. The van der Waals surface area contributed by atoms with Crippen molar-refractivity contribution >= 4 is 10.0 Å². The molecule has 0 amide bonds. The summed E-state index contributed by atoms with van der Waals surface area (Å²) in [6, 6.07) is 5.19. The lowest BCUT2D eigenvalue weighted by Gasteiger charge is -2.18. The van der Waals surface area contributed by atoms with Gasteiger partial charge in [0.1, 0.15) is 16.3 Å². The number of ether oxygens (including phenoxy) is 1. The number of methoxy groups -OCH3 is 1. The zero-order valence-electron chi connectivity index (χ0n) is 13.3. The van der Waals surface area contributed by atoms with E-state index in [4.69, 9.17) is 9.26 Å². The van der Waals surface area contributed by atoms with Crippen LogP contribution in [0.2, 0.25) is 0 Å². The van der Waals surface area contributed by atoms with Gasteiger partial charge in [-0.3, -0.25) is 0 Å². The molecule has 1 aromatic heterocycles. The number of aryl methyl sites for hydroxylation is 3. The van der Waals surface area contributed by atoms with E-state index < -0.39 is 16.1 Å². The van der Waals surface area contributed by atoms with Gasteiger partial charge in [-0.15, -0.1) is 0 Å². The van der Waals surface area contributed by atoms with Crippen LogP contribution in [0.4, 0.5) is 0 Å². The molecule has 1 heterocycles. The van der Waals surface area contributed by atoms with Gasteiger partial charge < -0.3 is 9.26 Å². The van der Waals surface area contributed by atoms with Crippen molar-refractivity contribution in [1.29, 1.82) is 0 Å². The van der Waals surface area contributed by atoms with E-state index in [-0.39, 0.29) is 10.7 Å². The van der Waals surface area contributed by atoms with E-state index >= 15 is 0 Å². The van der Waals surface area contributed by atoms with Crippen molar-refractivity contribution in [3.05, 3.63) is 40.8 Å². The highest BCUT2D eigenvalue weighted by molar-refractivity contribution is 7.89. The number of hydrogen-bond donors (Lipinski definition) is 1. The average Bonchev–Trinajstić information content (AvgIpc) is 2.78. The summed E-state index contributed by atoms with van der Waals surface area (Å²) in [5.41, 5.74) is 2.14. The van der Waals surface area contributed by atoms with E-state index in [2.05, 4.69) is 9.88 Å². The molecule has 0 fully saturated rings. The zero-order valence-corrected chi connectivity index (χ0v) is 14.1. The van der Waals surface area contributed by atoms with Crippen LogP contribution < -0.4 is 9.46 Å². The largest absolute Gasteiger partial charge is 0.496 e. The number of aromatic nitrogens is 1. The van der Waals surface area contributed by atoms with Crippen molar-refractivity contribution in [2.24, 2.45) is 0 Å². The molecule has 1 N–H and O–H groups in total. The van der Waals surface area contributed by atoms with Crippen LogP contribution in [0.15, 0.2) is 27.6 Å². The maximum Gasteiger partial charge on any atom is 0.246 e. The second-order valence-electron chi connectivity index (χ2n) is 5.24. The van der Waals surface area contributed by atoms with E-state index in [1.54, 1.807) is 27.9 Å². The molecule has 0 aliphatic heterocycles. The Hall–Kier alpha value is -1.86. The molecule has 1 aromatic carbocycles. The normalized spacial score (nSPS) is 13.1. The van der Waals surface area contributed by atoms with Gasteiger partial charge in [0, 0.05) is 11.6 Å². The summed E-state index contributed by atoms with van der Waals surface area (Å²) in [4.78, 5) is 0.0889. The molecule has 6 nitrogen and oxygen atoms in total. The monoisotopic (exact) mass is 324 g/mol. The van der Waals surface area contributed by atoms with Crippen LogP contribution >= 0.6 is 0 Å². The molecule has 2 aromatic rings. The van der Waals surface area contributed by atoms with E-state index in [0.717, 1.165) is 11.1 Å². The van der Waals surface area contributed by atoms with Gasteiger partial charge in [0.2, 0.25) is 10.0 Å². The molecule has 0 bridgehead atoms. The van der Waals surface area contributed by atoms with Crippen molar-refractivity contribution < 1.29 is 17.7 Å². The molecule has 0 aliphatic carbocycles. The molecule has 0 spiro atoms. The quantitative estimate of drug-likeness (QED) is 0.914. The van der Waals surface area contributed by atoms with Gasteiger partial charge in [0.25, 0.3) is 0 Å². The Labute approximate surface area is 130 Å². The van der Waals surface area contributed by atoms with Crippen molar-refractivity contribution in [3.63, 3.8) is 0 Å². The first-order valence-corrected chi connectivity index (χ1v) is 8.34. The van der Waals surface area contributed by atoms with E-state index in [1.807, 2.05) is 25.1 Å². The third-order valence-corrected chi connectivity index (χ3v) is 5.20. The van der Waals surface area contributed by atoms with E-state index in [9.17, 15) is 8.42 Å². The maximum atomic E-state index is 12.6. The van der Waals surface area contributed by atoms with Crippen molar-refractivity contribution in [1.82, 2.24) is 9.88 Å². The number of hydrogen-bond acceptors (Lipinski definition) is 5. The highest BCUT2D eigenvalue weighted by Gasteiger charge is 2.27. The summed E-state index contributed by atoms with van der Waals surface area (Å²) in [5.74, 6) is 0.910. The number of sulfonamides is 1. The van der Waals surface area contributed by atoms with Crippen LogP contribution in [0.5, 0.6) is 5.75 Å². The summed E-state index contributed by atoms with van der Waals surface area (Å²) in [5, 5.41) is 3.69. The highest BCUT2D eigenvalue weighted by atomic mass is 32.2. The number of nitrogens with zero attached hydrogens (tertiary/aromatic N) is 1. The highest BCUT2D eigenvalue weighted by Crippen LogP contribution is 2.28. The maximum absolute atomic E-state index is 12.6. The molecular formula is C15H20N2O4S. The molecule has 7 heteroatoms. The lowest BCUT2D eigenvalue weighted by Crippen LogP contribution is -2.28. The van der Waals surface area contributed by atoms with Gasteiger partial charge in [0.05, 0.1) is 7.11 Å². The minimum Gasteiger partial charge on any atom is -0.496 e. The standard InChI is InChI=1S/C15H20N2O4S/c1-9-6-7-14(20-5)13(8-9)10(2)17-22(18,19)15-11(3)16-21-12(15)4/h6-8,10,17H,1-5H3. The zero-order chi connectivity index (χ0) is 16.5. The molecule has 1 unspecified atom stereocenters. The van der Waals surface area contributed by atoms with Gasteiger partial charge in [-0.05, 0) is 33.8 Å². The smallest absolute Gasteiger partial charge is 0.246 e. The van der Waals surface area contributed by atoms with Crippen molar-refractivity contribution in [2.45, 2.75) is 38.6 Å². The van der Waals surface area contributed by atoms with Crippen LogP contribution in [-0.2, 0) is 10.0 Å². The predicted molar refractivity (Wildman–Crippen MR) is 82.4 cm³/mol. The van der Waals surface area contributed by atoms with Crippen LogP contribution in [0.3, 0.4) is 0 Å². The first-order chi connectivity index (χ1) is 10.3. The molecule has 120 valence electrons. The van der Waals surface area contributed by atoms with Gasteiger partial charge >= 0.3 is 0 Å². The van der Waals surface area contributed by atoms with Crippen LogP contribution in [0.25, 0.3) is 0 Å². The fraction of sp³-hybridized carbons (Fsp3) is 0.400. The third-order valence-electron chi connectivity index (χ3n) is 3.42. The fourth-order valence-corrected chi connectivity index (χ4v) is 3.96. The Morgan fingerprint density at radius 3 is 2.50 bits per heavy atom. The molecule has 1 atom stereocenters. The van der Waals surface area contributed by atoms with Gasteiger partial charge in [-0.1, -0.05) is 22.9 Å². The Bertz CT molecular complexity index is 761. The second-order valence-corrected chi connectivity index (χ2v) is 6.89. The first-order valence-electron chi connectivity index (χ1n) is 6.86. The predicted octanol–water partition coefficient (Wildman–Crippen LogP) is 2.65. The van der Waals surface area contributed by atoms with Crippen LogP contribution in [0, 0.1) is 20.8 Å². The van der Waals surface area contributed by atoms with Gasteiger partial charge in [-0.25, -0.2) is 13.1 Å². The molecular weight excluding hydrogens is 304 g/mol. The molecule has 2 rings (SSSR count). The van der Waals surface area contributed by atoms with E-state index in [1.165, 1.54) is 0 Å². The number of benzene rings is 1. The molecule has 0 radical (unpaired) electrons. The van der Waals surface area contributed by atoms with Crippen LogP contribution in [-0.4, -0.2) is 20.7 Å². The lowest BCUT2D eigenvalue weighted by atomic mass is 10.1. The summed E-state index contributed by atoms with van der Waals surface area (Å²) < 4.78 is 38.0. The first kappa shape index (κ1) is 16.5. The summed E-state index contributed by atoms with van der Waals surface area (Å²) >= 11 is 0. The Kier molecular flexibility index (Phi) is 4.58. The molecule has 22 heavy (non-hydrogen) atoms. The van der Waals surface area contributed by atoms with Crippen molar-refractivity contribution in [2.75, 3.05) is 7.11 Å². The van der Waals surface area contributed by atoms with E-state index in [0.29, 0.717) is 11.4 Å². The number of nitrogens with one attached hydrogen (secondary N) is 1. The number of rotatable bonds is 5. The van der Waals surface area contributed by atoms with Crippen LogP contribution in [0.1, 0.15) is 35.5 Å². The SMILES string of the molecule is COc1ccc(C)cc1C(C)NS(=O)(=O)c1c(C)noc1C. The van der Waals surface area contributed by atoms with Gasteiger partial charge in [-0.2, -0.15) is 0 Å². The van der Waals surface area contributed by atoms with Crippen molar-refractivity contribution in [3.8, 4) is 5.75 Å². The topological polar surface area (TPSA) is 81.4 Å². The lowest BCUT2D eigenvalue weighted by molar-refractivity contribution is 0.390. The average molecular weight is 324 g/mol. The minimum absolute atomic E-state index is 0.0889. The summed E-state index contributed by atoms with van der Waals surface area (Å²) in [7, 11) is -2.17. The fourth-order valence-electron chi connectivity index (χ4n) is 2.41. The molecule has 0 saturated carbocycles. The Morgan fingerprint density at radius 1 is 1.27 bits per heavy atom. The van der Waals surface area contributed by atoms with Gasteiger partial charge in [0.15, 0.2) is 5.76 Å². The Balaban J connectivity index is 2.36. The Morgan fingerprint density at radius 2 is 1.95 bits per heavy atom. The second kappa shape index (κ2) is 6.10. The molecule has 0 aliphatic rings. The minimum atomic E-state index is -3.73. The summed E-state index contributed by atoms with van der Waals surface area (Å²) in [6.07, 6.45) is 0. The molecule has 0 saturated heterocycles. The summed E-state index contributed by atoms with van der Waals surface area (Å²) in [6.45, 7) is 6.89.